The molecule has 42 heavy (non-hydrogen) atoms. The van der Waals surface area contributed by atoms with Gasteiger partial charge in [-0.25, -0.2) is 13.2 Å². The van der Waals surface area contributed by atoms with Crippen LogP contribution in [-0.4, -0.2) is 72.4 Å². The lowest BCUT2D eigenvalue weighted by Gasteiger charge is -2.37. The van der Waals surface area contributed by atoms with Crippen LogP contribution >= 0.6 is 23.2 Å². The number of hydrogen-bond donors (Lipinski definition) is 2. The highest BCUT2D eigenvalue weighted by Gasteiger charge is 2.43. The molecule has 0 fully saturated rings. The van der Waals surface area contributed by atoms with E-state index in [0.29, 0.717) is 11.6 Å². The van der Waals surface area contributed by atoms with E-state index in [9.17, 15) is 18.3 Å². The Hall–Kier alpha value is -3.38. The standard InChI is InChI=1S/C29H34Cl2N6O4S/c1-18-17-36(26-10-9-25(33-34-26)32-11-12-35(5)6)24-8-7-21(16-23(18)24)37(27(28(38)39)29(2,3)4)42(40,41)22-14-19(30)13-20(31)15-22/h7-10,13-17,27H,11-12H2,1-6H3,(H,32,33)(H,38,39). The summed E-state index contributed by atoms with van der Waals surface area (Å²) in [5, 5.41) is 23.2. The molecule has 0 saturated carbocycles. The van der Waals surface area contributed by atoms with Gasteiger partial charge in [0, 0.05) is 34.7 Å². The molecule has 0 aliphatic heterocycles. The van der Waals surface area contributed by atoms with Crippen LogP contribution in [0.15, 0.2) is 59.6 Å². The summed E-state index contributed by atoms with van der Waals surface area (Å²) in [6.07, 6.45) is 1.88. The zero-order chi connectivity index (χ0) is 31.0. The fourth-order valence-electron chi connectivity index (χ4n) is 4.71. The van der Waals surface area contributed by atoms with E-state index >= 15 is 0 Å². The number of carbonyl (C=O) groups is 1. The number of aryl methyl sites for hydroxylation is 1. The lowest BCUT2D eigenvalue weighted by atomic mass is 9.86. The molecule has 13 heteroatoms. The maximum atomic E-state index is 14.1. The molecule has 224 valence electrons. The number of carboxylic acid groups (broad SMARTS) is 1. The average molecular weight is 634 g/mol. The Morgan fingerprint density at radius 2 is 1.71 bits per heavy atom. The fourth-order valence-corrected chi connectivity index (χ4v) is 7.21. The van der Waals surface area contributed by atoms with Crippen LogP contribution in [0.3, 0.4) is 0 Å². The van der Waals surface area contributed by atoms with E-state index in [1.807, 2.05) is 43.9 Å². The summed E-state index contributed by atoms with van der Waals surface area (Å²) in [5.41, 5.74) is 0.806. The maximum Gasteiger partial charge on any atom is 0.328 e. The van der Waals surface area contributed by atoms with Crippen LogP contribution in [0, 0.1) is 12.3 Å². The molecule has 0 saturated heterocycles. The van der Waals surface area contributed by atoms with Crippen molar-refractivity contribution in [2.24, 2.45) is 5.41 Å². The van der Waals surface area contributed by atoms with Crippen molar-refractivity contribution in [3.05, 3.63) is 70.3 Å². The molecule has 2 aromatic carbocycles. The zero-order valence-electron chi connectivity index (χ0n) is 24.3. The molecule has 0 amide bonds. The number of aromatic nitrogens is 3. The van der Waals surface area contributed by atoms with Crippen LogP contribution in [0.5, 0.6) is 0 Å². The third-order valence-electron chi connectivity index (χ3n) is 6.69. The van der Waals surface area contributed by atoms with Gasteiger partial charge in [-0.3, -0.25) is 8.87 Å². The third kappa shape index (κ3) is 6.64. The van der Waals surface area contributed by atoms with Crippen molar-refractivity contribution in [2.45, 2.75) is 38.6 Å². The lowest BCUT2D eigenvalue weighted by Crippen LogP contribution is -2.52. The van der Waals surface area contributed by atoms with E-state index in [1.54, 1.807) is 39.0 Å². The Kier molecular flexibility index (Phi) is 9.08. The predicted octanol–water partition coefficient (Wildman–Crippen LogP) is 5.70. The highest BCUT2D eigenvalue weighted by atomic mass is 35.5. The maximum absolute atomic E-state index is 14.1. The number of aliphatic carboxylic acids is 1. The predicted molar refractivity (Wildman–Crippen MR) is 168 cm³/mol. The van der Waals surface area contributed by atoms with Crippen LogP contribution in [-0.2, 0) is 14.8 Å². The number of rotatable bonds is 10. The minimum absolute atomic E-state index is 0.118. The molecule has 0 bridgehead atoms. The van der Waals surface area contributed by atoms with Gasteiger partial charge in [0.15, 0.2) is 5.82 Å². The van der Waals surface area contributed by atoms with Gasteiger partial charge in [0.25, 0.3) is 10.0 Å². The number of fused-ring (bicyclic) bond motifs is 1. The second-order valence-electron chi connectivity index (χ2n) is 11.4. The SMILES string of the molecule is Cc1cn(-c2ccc(NCCN(C)C)nn2)c2ccc(N(C(C(=O)O)C(C)(C)C)S(=O)(=O)c3cc(Cl)cc(Cl)c3)cc12. The van der Waals surface area contributed by atoms with Gasteiger partial charge >= 0.3 is 5.97 Å². The van der Waals surface area contributed by atoms with Crippen molar-refractivity contribution in [3.8, 4) is 5.82 Å². The average Bonchev–Trinajstić information content (AvgIpc) is 3.21. The van der Waals surface area contributed by atoms with Crippen LogP contribution < -0.4 is 9.62 Å². The molecule has 2 aromatic heterocycles. The first kappa shape index (κ1) is 31.6. The van der Waals surface area contributed by atoms with Crippen molar-refractivity contribution < 1.29 is 18.3 Å². The minimum Gasteiger partial charge on any atom is -0.480 e. The smallest absolute Gasteiger partial charge is 0.328 e. The van der Waals surface area contributed by atoms with E-state index in [1.165, 1.54) is 18.2 Å². The summed E-state index contributed by atoms with van der Waals surface area (Å²) in [5.74, 6) is -0.0572. The van der Waals surface area contributed by atoms with Gasteiger partial charge in [-0.2, -0.15) is 0 Å². The molecular formula is C29H34Cl2N6O4S. The normalized spacial score (nSPS) is 13.0. The van der Waals surface area contributed by atoms with Crippen molar-refractivity contribution in [3.63, 3.8) is 0 Å². The van der Waals surface area contributed by atoms with E-state index in [4.69, 9.17) is 23.2 Å². The van der Waals surface area contributed by atoms with E-state index < -0.39 is 27.4 Å². The molecule has 1 unspecified atom stereocenters. The number of nitrogens with one attached hydrogen (secondary N) is 1. The Labute approximate surface area is 255 Å². The van der Waals surface area contributed by atoms with Crippen molar-refractivity contribution in [1.82, 2.24) is 19.7 Å². The van der Waals surface area contributed by atoms with Gasteiger partial charge in [0.2, 0.25) is 0 Å². The number of nitrogens with zero attached hydrogens (tertiary/aromatic N) is 5. The molecule has 2 heterocycles. The minimum atomic E-state index is -4.43. The molecule has 0 spiro atoms. The van der Waals surface area contributed by atoms with Gasteiger partial charge in [-0.1, -0.05) is 44.0 Å². The molecule has 4 aromatic rings. The highest BCUT2D eigenvalue weighted by molar-refractivity contribution is 7.93. The van der Waals surface area contributed by atoms with Crippen molar-refractivity contribution in [2.75, 3.05) is 36.8 Å². The molecule has 4 rings (SSSR count). The number of anilines is 2. The molecule has 10 nitrogen and oxygen atoms in total. The van der Waals surface area contributed by atoms with Crippen LogP contribution in [0.1, 0.15) is 26.3 Å². The van der Waals surface area contributed by atoms with Gasteiger partial charge in [0.05, 0.1) is 16.1 Å². The summed E-state index contributed by atoms with van der Waals surface area (Å²) >= 11 is 12.3. The Balaban J connectivity index is 1.82. The first-order valence-electron chi connectivity index (χ1n) is 13.2. The molecule has 1 atom stereocenters. The van der Waals surface area contributed by atoms with E-state index in [-0.39, 0.29) is 20.6 Å². The number of benzene rings is 2. The molecular weight excluding hydrogens is 599 g/mol. The van der Waals surface area contributed by atoms with Gasteiger partial charge in [-0.05, 0) is 80.5 Å². The first-order valence-corrected chi connectivity index (χ1v) is 15.4. The van der Waals surface area contributed by atoms with E-state index in [2.05, 4.69) is 20.4 Å². The topological polar surface area (TPSA) is 121 Å². The van der Waals surface area contributed by atoms with E-state index in [0.717, 1.165) is 33.9 Å². The summed E-state index contributed by atoms with van der Waals surface area (Å²) in [6, 6.07) is 11.2. The summed E-state index contributed by atoms with van der Waals surface area (Å²) < 4.78 is 31.1. The van der Waals surface area contributed by atoms with Gasteiger partial charge in [0.1, 0.15) is 11.9 Å². The molecule has 2 N–H and O–H groups in total. The molecule has 0 aliphatic rings. The Morgan fingerprint density at radius 1 is 1.05 bits per heavy atom. The van der Waals surface area contributed by atoms with Crippen LogP contribution in [0.2, 0.25) is 10.0 Å². The van der Waals surface area contributed by atoms with Crippen molar-refractivity contribution in [1.29, 1.82) is 0 Å². The van der Waals surface area contributed by atoms with Crippen molar-refractivity contribution >= 4 is 61.6 Å². The van der Waals surface area contributed by atoms with Crippen LogP contribution in [0.25, 0.3) is 16.7 Å². The second-order valence-corrected chi connectivity index (χ2v) is 14.1. The summed E-state index contributed by atoms with van der Waals surface area (Å²) in [4.78, 5) is 14.5. The largest absolute Gasteiger partial charge is 0.480 e. The third-order valence-corrected chi connectivity index (χ3v) is 8.89. The zero-order valence-corrected chi connectivity index (χ0v) is 26.6. The molecule has 0 radical (unpaired) electrons. The summed E-state index contributed by atoms with van der Waals surface area (Å²) in [7, 11) is -0.439. The highest BCUT2D eigenvalue weighted by Crippen LogP contribution is 2.38. The fraction of sp³-hybridized carbons (Fsp3) is 0.345. The lowest BCUT2D eigenvalue weighted by molar-refractivity contribution is -0.140. The summed E-state index contributed by atoms with van der Waals surface area (Å²) in [6.45, 7) is 8.50. The second kappa shape index (κ2) is 12.1. The first-order chi connectivity index (χ1) is 19.6. The Morgan fingerprint density at radius 3 is 2.26 bits per heavy atom. The van der Waals surface area contributed by atoms with Gasteiger partial charge < -0.3 is 15.3 Å². The number of carboxylic acids is 1. The van der Waals surface area contributed by atoms with Gasteiger partial charge in [-0.15, -0.1) is 10.2 Å². The molecule has 0 aliphatic carbocycles. The van der Waals surface area contributed by atoms with Crippen LogP contribution in [0.4, 0.5) is 11.5 Å². The number of hydrogen-bond acceptors (Lipinski definition) is 7. The quantitative estimate of drug-likeness (QED) is 0.228. The number of sulfonamides is 1. The monoisotopic (exact) mass is 632 g/mol. The number of likely N-dealkylation sites (N-methyl/N-ethyl adjacent to an activating group) is 1. The Bertz CT molecular complexity index is 1700. The number of halogens is 2.